The topological polar surface area (TPSA) is 49.3 Å². The zero-order valence-electron chi connectivity index (χ0n) is 9.83. The molecule has 5 heteroatoms. The minimum Gasteiger partial charge on any atom is -0.393 e. The summed E-state index contributed by atoms with van der Waals surface area (Å²) < 4.78 is 13.2. The lowest BCUT2D eigenvalue weighted by Crippen LogP contribution is -2.38. The molecule has 1 aromatic carbocycles. The van der Waals surface area contributed by atoms with Crippen molar-refractivity contribution in [3.63, 3.8) is 0 Å². The number of rotatable bonds is 2. The van der Waals surface area contributed by atoms with Crippen LogP contribution in [0.5, 0.6) is 0 Å². The van der Waals surface area contributed by atoms with Gasteiger partial charge in [-0.2, -0.15) is 0 Å². The van der Waals surface area contributed by atoms with Gasteiger partial charge in [0.05, 0.1) is 11.1 Å². The van der Waals surface area contributed by atoms with Crippen molar-refractivity contribution in [3.05, 3.63) is 34.6 Å². The number of hydrogen-bond acceptors (Lipinski definition) is 2. The van der Waals surface area contributed by atoms with Crippen LogP contribution in [0.2, 0.25) is 5.02 Å². The molecule has 98 valence electrons. The molecule has 1 saturated carbocycles. The number of aliphatic hydroxyl groups is 1. The highest BCUT2D eigenvalue weighted by molar-refractivity contribution is 6.30. The fourth-order valence-electron chi connectivity index (χ4n) is 2.13. The van der Waals surface area contributed by atoms with Crippen molar-refractivity contribution >= 4 is 17.5 Å². The third kappa shape index (κ3) is 3.21. The van der Waals surface area contributed by atoms with Gasteiger partial charge in [0.25, 0.3) is 5.91 Å². The van der Waals surface area contributed by atoms with Gasteiger partial charge >= 0.3 is 0 Å². The third-order valence-corrected chi connectivity index (χ3v) is 3.52. The second kappa shape index (κ2) is 5.67. The predicted octanol–water partition coefficient (Wildman–Crippen LogP) is 2.51. The molecule has 0 unspecified atom stereocenters. The summed E-state index contributed by atoms with van der Waals surface area (Å²) in [5.74, 6) is -0.893. The molecular weight excluding hydrogens is 257 g/mol. The summed E-state index contributed by atoms with van der Waals surface area (Å²) in [6.07, 6.45) is 2.64. The first-order valence-electron chi connectivity index (χ1n) is 6.00. The van der Waals surface area contributed by atoms with Gasteiger partial charge in [0.1, 0.15) is 5.82 Å². The Balaban J connectivity index is 1.97. The van der Waals surface area contributed by atoms with E-state index in [1.807, 2.05) is 0 Å². The summed E-state index contributed by atoms with van der Waals surface area (Å²) in [7, 11) is 0. The second-order valence-corrected chi connectivity index (χ2v) is 5.01. The fraction of sp³-hybridized carbons (Fsp3) is 0.462. The average molecular weight is 272 g/mol. The van der Waals surface area contributed by atoms with Crippen LogP contribution in [-0.4, -0.2) is 23.2 Å². The standard InChI is InChI=1S/C13H15ClFNO2/c14-11-6-1-8(7-12(11)15)13(18)16-9-2-4-10(17)5-3-9/h1,6-7,9-10,17H,2-5H2,(H,16,18). The number of nitrogens with one attached hydrogen (secondary N) is 1. The van der Waals surface area contributed by atoms with Crippen molar-refractivity contribution in [2.45, 2.75) is 37.8 Å². The molecule has 0 heterocycles. The van der Waals surface area contributed by atoms with Gasteiger partial charge in [0.2, 0.25) is 0 Å². The number of carbonyl (C=O) groups excluding carboxylic acids is 1. The molecule has 0 spiro atoms. The molecular formula is C13H15ClFNO2. The molecule has 1 amide bonds. The first-order chi connectivity index (χ1) is 8.56. The van der Waals surface area contributed by atoms with Gasteiger partial charge in [-0.15, -0.1) is 0 Å². The van der Waals surface area contributed by atoms with Gasteiger partial charge < -0.3 is 10.4 Å². The van der Waals surface area contributed by atoms with Crippen LogP contribution in [0.15, 0.2) is 18.2 Å². The second-order valence-electron chi connectivity index (χ2n) is 4.61. The average Bonchev–Trinajstić information content (AvgIpc) is 2.35. The maximum absolute atomic E-state index is 13.2. The fourth-order valence-corrected chi connectivity index (χ4v) is 2.24. The number of halogens is 2. The molecule has 18 heavy (non-hydrogen) atoms. The summed E-state index contributed by atoms with van der Waals surface area (Å²) in [5, 5.41) is 12.2. The number of aliphatic hydroxyl groups excluding tert-OH is 1. The molecule has 1 fully saturated rings. The monoisotopic (exact) mass is 271 g/mol. The maximum atomic E-state index is 13.2. The predicted molar refractivity (Wildman–Crippen MR) is 67.1 cm³/mol. The third-order valence-electron chi connectivity index (χ3n) is 3.21. The van der Waals surface area contributed by atoms with Crippen LogP contribution in [-0.2, 0) is 0 Å². The molecule has 0 saturated heterocycles. The van der Waals surface area contributed by atoms with Crippen LogP contribution in [0.4, 0.5) is 4.39 Å². The SMILES string of the molecule is O=C(NC1CCC(O)CC1)c1ccc(Cl)c(F)c1. The minimum atomic E-state index is -0.594. The van der Waals surface area contributed by atoms with Crippen molar-refractivity contribution in [3.8, 4) is 0 Å². The smallest absolute Gasteiger partial charge is 0.251 e. The van der Waals surface area contributed by atoms with Crippen molar-refractivity contribution in [1.29, 1.82) is 0 Å². The molecule has 1 aliphatic rings. The van der Waals surface area contributed by atoms with Crippen LogP contribution in [0.1, 0.15) is 36.0 Å². The number of carbonyl (C=O) groups is 1. The van der Waals surface area contributed by atoms with Crippen molar-refractivity contribution in [1.82, 2.24) is 5.32 Å². The van der Waals surface area contributed by atoms with E-state index in [0.29, 0.717) is 12.8 Å². The zero-order valence-corrected chi connectivity index (χ0v) is 10.6. The van der Waals surface area contributed by atoms with Gasteiger partial charge in [-0.25, -0.2) is 4.39 Å². The maximum Gasteiger partial charge on any atom is 0.251 e. The quantitative estimate of drug-likeness (QED) is 0.868. The van der Waals surface area contributed by atoms with E-state index in [-0.39, 0.29) is 28.6 Å². The van der Waals surface area contributed by atoms with Crippen LogP contribution >= 0.6 is 11.6 Å². The summed E-state index contributed by atoms with van der Waals surface area (Å²) in [6.45, 7) is 0. The highest BCUT2D eigenvalue weighted by Crippen LogP contribution is 2.19. The molecule has 1 aromatic rings. The van der Waals surface area contributed by atoms with E-state index in [0.717, 1.165) is 18.9 Å². The Morgan fingerprint density at radius 2 is 2.00 bits per heavy atom. The van der Waals surface area contributed by atoms with E-state index in [1.165, 1.54) is 12.1 Å². The molecule has 0 radical (unpaired) electrons. The first-order valence-corrected chi connectivity index (χ1v) is 6.38. The molecule has 0 aromatic heterocycles. The molecule has 3 nitrogen and oxygen atoms in total. The lowest BCUT2D eigenvalue weighted by Gasteiger charge is -2.26. The number of amides is 1. The van der Waals surface area contributed by atoms with E-state index in [2.05, 4.69) is 5.32 Å². The Morgan fingerprint density at radius 1 is 1.33 bits per heavy atom. The highest BCUT2D eigenvalue weighted by Gasteiger charge is 2.21. The number of hydrogen-bond donors (Lipinski definition) is 2. The first kappa shape index (κ1) is 13.3. The molecule has 0 aliphatic heterocycles. The summed E-state index contributed by atoms with van der Waals surface area (Å²) in [6, 6.07) is 4.06. The summed E-state index contributed by atoms with van der Waals surface area (Å²) in [5.41, 5.74) is 0.267. The van der Waals surface area contributed by atoms with Crippen LogP contribution in [0, 0.1) is 5.82 Å². The van der Waals surface area contributed by atoms with E-state index < -0.39 is 5.82 Å². The Kier molecular flexibility index (Phi) is 4.19. The van der Waals surface area contributed by atoms with E-state index in [4.69, 9.17) is 11.6 Å². The van der Waals surface area contributed by atoms with Crippen molar-refractivity contribution < 1.29 is 14.3 Å². The molecule has 0 atom stereocenters. The van der Waals surface area contributed by atoms with Gasteiger partial charge in [-0.3, -0.25) is 4.79 Å². The van der Waals surface area contributed by atoms with Crippen LogP contribution in [0.25, 0.3) is 0 Å². The van der Waals surface area contributed by atoms with Gasteiger partial charge in [-0.1, -0.05) is 11.6 Å². The Morgan fingerprint density at radius 3 is 2.61 bits per heavy atom. The lowest BCUT2D eigenvalue weighted by atomic mass is 9.93. The molecule has 2 rings (SSSR count). The van der Waals surface area contributed by atoms with E-state index >= 15 is 0 Å². The Labute approximate surface area is 110 Å². The highest BCUT2D eigenvalue weighted by atomic mass is 35.5. The molecule has 0 bridgehead atoms. The van der Waals surface area contributed by atoms with E-state index in [9.17, 15) is 14.3 Å². The zero-order chi connectivity index (χ0) is 13.1. The Hall–Kier alpha value is -1.13. The largest absolute Gasteiger partial charge is 0.393 e. The summed E-state index contributed by atoms with van der Waals surface area (Å²) in [4.78, 5) is 11.9. The van der Waals surface area contributed by atoms with Crippen LogP contribution < -0.4 is 5.32 Å². The summed E-state index contributed by atoms with van der Waals surface area (Å²) >= 11 is 5.56. The lowest BCUT2D eigenvalue weighted by molar-refractivity contribution is 0.0867. The molecule has 2 N–H and O–H groups in total. The van der Waals surface area contributed by atoms with Crippen molar-refractivity contribution in [2.75, 3.05) is 0 Å². The van der Waals surface area contributed by atoms with E-state index in [1.54, 1.807) is 0 Å². The molecule has 1 aliphatic carbocycles. The van der Waals surface area contributed by atoms with Gasteiger partial charge in [0, 0.05) is 11.6 Å². The van der Waals surface area contributed by atoms with Crippen LogP contribution in [0.3, 0.4) is 0 Å². The number of benzene rings is 1. The minimum absolute atomic E-state index is 0.00680. The van der Waals surface area contributed by atoms with Crippen molar-refractivity contribution in [2.24, 2.45) is 0 Å². The van der Waals surface area contributed by atoms with Gasteiger partial charge in [0.15, 0.2) is 0 Å². The Bertz CT molecular complexity index is 445. The van der Waals surface area contributed by atoms with Gasteiger partial charge in [-0.05, 0) is 43.9 Å². The normalized spacial score (nSPS) is 23.7.